The highest BCUT2D eigenvalue weighted by Gasteiger charge is 2.10. The van der Waals surface area contributed by atoms with Crippen LogP contribution in [0.3, 0.4) is 0 Å². The molecule has 2 aromatic rings. The van der Waals surface area contributed by atoms with Gasteiger partial charge in [-0.05, 0) is 26.3 Å². The lowest BCUT2D eigenvalue weighted by Crippen LogP contribution is -1.93. The molecule has 0 unspecified atom stereocenters. The first-order valence-corrected chi connectivity index (χ1v) is 6.58. The van der Waals surface area contributed by atoms with Crippen LogP contribution in [0.15, 0.2) is 18.2 Å². The van der Waals surface area contributed by atoms with Gasteiger partial charge in [-0.1, -0.05) is 23.8 Å². The van der Waals surface area contributed by atoms with Crippen LogP contribution in [0.25, 0.3) is 10.6 Å². The highest BCUT2D eigenvalue weighted by atomic mass is 32.1. The Balaban J connectivity index is 2.42. The number of benzene rings is 1. The Kier molecular flexibility index (Phi) is 3.60. The molecule has 0 saturated carbocycles. The average Bonchev–Trinajstić information content (AvgIpc) is 2.60. The lowest BCUT2D eigenvalue weighted by Gasteiger charge is -2.03. The van der Waals surface area contributed by atoms with Gasteiger partial charge in [0, 0.05) is 23.5 Å². The molecule has 1 aromatic heterocycles. The van der Waals surface area contributed by atoms with Crippen LogP contribution in [0.2, 0.25) is 0 Å². The molecule has 0 fully saturated rings. The molecule has 0 aliphatic carbocycles. The third kappa shape index (κ3) is 2.56. The van der Waals surface area contributed by atoms with Crippen molar-refractivity contribution < 1.29 is 5.11 Å². The smallest absolute Gasteiger partial charge is 0.124 e. The monoisotopic (exact) mass is 247 g/mol. The minimum Gasteiger partial charge on any atom is -0.396 e. The zero-order valence-electron chi connectivity index (χ0n) is 10.4. The van der Waals surface area contributed by atoms with E-state index in [4.69, 9.17) is 5.11 Å². The zero-order valence-corrected chi connectivity index (χ0v) is 11.3. The van der Waals surface area contributed by atoms with Crippen LogP contribution in [0.5, 0.6) is 0 Å². The lowest BCUT2D eigenvalue weighted by atomic mass is 10.1. The van der Waals surface area contributed by atoms with E-state index in [9.17, 15) is 0 Å². The minimum absolute atomic E-state index is 0.164. The normalized spacial score (nSPS) is 10.8. The molecule has 1 aromatic carbocycles. The van der Waals surface area contributed by atoms with Crippen LogP contribution in [0.1, 0.15) is 21.7 Å². The molecule has 2 rings (SSSR count). The Morgan fingerprint density at radius 1 is 1.24 bits per heavy atom. The van der Waals surface area contributed by atoms with E-state index < -0.39 is 0 Å². The second kappa shape index (κ2) is 4.98. The number of hydrogen-bond acceptors (Lipinski definition) is 3. The molecule has 17 heavy (non-hydrogen) atoms. The first kappa shape index (κ1) is 12.3. The molecule has 2 nitrogen and oxygen atoms in total. The van der Waals surface area contributed by atoms with Crippen molar-refractivity contribution in [1.29, 1.82) is 0 Å². The number of aliphatic hydroxyl groups is 1. The van der Waals surface area contributed by atoms with Crippen molar-refractivity contribution in [3.05, 3.63) is 39.9 Å². The van der Waals surface area contributed by atoms with Crippen molar-refractivity contribution in [2.24, 2.45) is 0 Å². The molecular weight excluding hydrogens is 230 g/mol. The quantitative estimate of drug-likeness (QED) is 0.903. The van der Waals surface area contributed by atoms with Crippen LogP contribution in [0.4, 0.5) is 0 Å². The van der Waals surface area contributed by atoms with Gasteiger partial charge >= 0.3 is 0 Å². The molecule has 0 amide bonds. The van der Waals surface area contributed by atoms with Gasteiger partial charge in [0.2, 0.25) is 0 Å². The summed E-state index contributed by atoms with van der Waals surface area (Å²) in [5.74, 6) is 0. The maximum atomic E-state index is 8.98. The van der Waals surface area contributed by atoms with E-state index in [0.717, 1.165) is 10.7 Å². The Labute approximate surface area is 106 Å². The van der Waals surface area contributed by atoms with Gasteiger partial charge in [0.15, 0.2) is 0 Å². The van der Waals surface area contributed by atoms with Crippen molar-refractivity contribution >= 4 is 11.3 Å². The Morgan fingerprint density at radius 3 is 2.65 bits per heavy atom. The molecule has 90 valence electrons. The average molecular weight is 247 g/mol. The number of aryl methyl sites for hydroxylation is 3. The standard InChI is InChI=1S/C14H17NOS/c1-9-4-5-12(10(2)8-9)14-15-13(6-7-16)11(3)17-14/h4-5,8,16H,6-7H2,1-3H3. The second-order valence-corrected chi connectivity index (χ2v) is 5.52. The molecule has 0 bridgehead atoms. The number of thiazole rings is 1. The number of hydrogen-bond donors (Lipinski definition) is 1. The van der Waals surface area contributed by atoms with Gasteiger partial charge in [-0.2, -0.15) is 0 Å². The molecule has 0 atom stereocenters. The fourth-order valence-corrected chi connectivity index (χ4v) is 2.98. The summed E-state index contributed by atoms with van der Waals surface area (Å²) in [4.78, 5) is 5.82. The van der Waals surface area contributed by atoms with Gasteiger partial charge in [0.1, 0.15) is 5.01 Å². The summed E-state index contributed by atoms with van der Waals surface area (Å²) >= 11 is 1.71. The fraction of sp³-hybridized carbons (Fsp3) is 0.357. The van der Waals surface area contributed by atoms with E-state index in [1.54, 1.807) is 11.3 Å². The van der Waals surface area contributed by atoms with Gasteiger partial charge in [-0.3, -0.25) is 0 Å². The van der Waals surface area contributed by atoms with Crippen molar-refractivity contribution in [3.8, 4) is 10.6 Å². The molecule has 1 N–H and O–H groups in total. The third-order valence-electron chi connectivity index (χ3n) is 2.85. The first-order chi connectivity index (χ1) is 8.11. The number of rotatable bonds is 3. The van der Waals surface area contributed by atoms with Gasteiger partial charge in [-0.25, -0.2) is 4.98 Å². The molecule has 0 aliphatic rings. The van der Waals surface area contributed by atoms with E-state index in [1.807, 2.05) is 0 Å². The molecule has 1 heterocycles. The number of aliphatic hydroxyl groups excluding tert-OH is 1. The molecule has 0 saturated heterocycles. The van der Waals surface area contributed by atoms with E-state index in [2.05, 4.69) is 44.0 Å². The summed E-state index contributed by atoms with van der Waals surface area (Å²) in [5, 5.41) is 10.0. The lowest BCUT2D eigenvalue weighted by molar-refractivity contribution is 0.298. The van der Waals surface area contributed by atoms with E-state index >= 15 is 0 Å². The third-order valence-corrected chi connectivity index (χ3v) is 3.90. The van der Waals surface area contributed by atoms with E-state index in [0.29, 0.717) is 6.42 Å². The SMILES string of the molecule is Cc1ccc(-c2nc(CCO)c(C)s2)c(C)c1. The predicted molar refractivity (Wildman–Crippen MR) is 72.6 cm³/mol. The van der Waals surface area contributed by atoms with Crippen LogP contribution in [-0.2, 0) is 6.42 Å². The van der Waals surface area contributed by atoms with Crippen LogP contribution >= 0.6 is 11.3 Å². The van der Waals surface area contributed by atoms with Gasteiger partial charge in [-0.15, -0.1) is 11.3 Å². The van der Waals surface area contributed by atoms with Crippen LogP contribution in [-0.4, -0.2) is 16.7 Å². The van der Waals surface area contributed by atoms with Crippen molar-refractivity contribution in [3.63, 3.8) is 0 Å². The highest BCUT2D eigenvalue weighted by Crippen LogP contribution is 2.30. The van der Waals surface area contributed by atoms with Crippen molar-refractivity contribution in [2.75, 3.05) is 6.61 Å². The fourth-order valence-electron chi connectivity index (χ4n) is 1.93. The largest absolute Gasteiger partial charge is 0.396 e. The van der Waals surface area contributed by atoms with E-state index in [-0.39, 0.29) is 6.61 Å². The molecule has 0 aliphatic heterocycles. The Morgan fingerprint density at radius 2 is 2.00 bits per heavy atom. The van der Waals surface area contributed by atoms with E-state index in [1.165, 1.54) is 21.6 Å². The van der Waals surface area contributed by atoms with Gasteiger partial charge < -0.3 is 5.11 Å². The maximum absolute atomic E-state index is 8.98. The van der Waals surface area contributed by atoms with Gasteiger partial charge in [0.05, 0.1) is 5.69 Å². The summed E-state index contributed by atoms with van der Waals surface area (Å²) in [5.41, 5.74) is 4.75. The summed E-state index contributed by atoms with van der Waals surface area (Å²) in [6, 6.07) is 6.42. The van der Waals surface area contributed by atoms with Crippen molar-refractivity contribution in [2.45, 2.75) is 27.2 Å². The topological polar surface area (TPSA) is 33.1 Å². The molecule has 0 spiro atoms. The zero-order chi connectivity index (χ0) is 12.4. The van der Waals surface area contributed by atoms with Crippen molar-refractivity contribution in [1.82, 2.24) is 4.98 Å². The molecular formula is C14H17NOS. The summed E-state index contributed by atoms with van der Waals surface area (Å²) in [7, 11) is 0. The first-order valence-electron chi connectivity index (χ1n) is 5.76. The Bertz CT molecular complexity index is 531. The maximum Gasteiger partial charge on any atom is 0.124 e. The summed E-state index contributed by atoms with van der Waals surface area (Å²) in [6.45, 7) is 6.44. The van der Waals surface area contributed by atoms with Crippen LogP contribution in [0, 0.1) is 20.8 Å². The second-order valence-electron chi connectivity index (χ2n) is 4.31. The Hall–Kier alpha value is -1.19. The minimum atomic E-state index is 0.164. The highest BCUT2D eigenvalue weighted by molar-refractivity contribution is 7.15. The van der Waals surface area contributed by atoms with Crippen LogP contribution < -0.4 is 0 Å². The summed E-state index contributed by atoms with van der Waals surface area (Å²) < 4.78 is 0. The number of aromatic nitrogens is 1. The molecule has 3 heteroatoms. The molecule has 0 radical (unpaired) electrons. The van der Waals surface area contributed by atoms with Gasteiger partial charge in [0.25, 0.3) is 0 Å². The predicted octanol–water partition coefficient (Wildman–Crippen LogP) is 3.27. The summed E-state index contributed by atoms with van der Waals surface area (Å²) in [6.07, 6.45) is 0.646. The number of nitrogens with zero attached hydrogens (tertiary/aromatic N) is 1.